The van der Waals surface area contributed by atoms with E-state index in [2.05, 4.69) is 25.4 Å². The van der Waals surface area contributed by atoms with Crippen LogP contribution >= 0.6 is 11.3 Å². The third-order valence-electron chi connectivity index (χ3n) is 3.79. The Bertz CT molecular complexity index is 1150. The van der Waals surface area contributed by atoms with Crippen LogP contribution in [0.25, 0.3) is 21.6 Å². The van der Waals surface area contributed by atoms with Crippen molar-refractivity contribution in [2.24, 2.45) is 0 Å². The predicted octanol–water partition coefficient (Wildman–Crippen LogP) is 1.94. The van der Waals surface area contributed by atoms with Crippen LogP contribution in [-0.2, 0) is 16.1 Å². The molecular formula is C17H14N6O3S. The van der Waals surface area contributed by atoms with E-state index in [0.29, 0.717) is 16.7 Å². The zero-order valence-corrected chi connectivity index (χ0v) is 15.0. The Labute approximate surface area is 156 Å². The van der Waals surface area contributed by atoms with Gasteiger partial charge in [-0.2, -0.15) is 4.80 Å². The molecule has 27 heavy (non-hydrogen) atoms. The maximum Gasteiger partial charge on any atom is 0.330 e. The topological polar surface area (TPSA) is 116 Å². The molecule has 0 radical (unpaired) electrons. The van der Waals surface area contributed by atoms with Gasteiger partial charge < -0.3 is 9.72 Å². The van der Waals surface area contributed by atoms with Crippen molar-refractivity contribution in [2.45, 2.75) is 19.6 Å². The number of nitrogens with zero attached hydrogens (tertiary/aromatic N) is 5. The summed E-state index contributed by atoms with van der Waals surface area (Å²) in [6.45, 7) is 1.44. The van der Waals surface area contributed by atoms with Gasteiger partial charge in [0.25, 0.3) is 5.56 Å². The summed E-state index contributed by atoms with van der Waals surface area (Å²) in [5, 5.41) is 14.3. The number of benzene rings is 1. The average molecular weight is 382 g/mol. The minimum atomic E-state index is -0.727. The Morgan fingerprint density at radius 3 is 2.96 bits per heavy atom. The van der Waals surface area contributed by atoms with Crippen LogP contribution in [-0.4, -0.2) is 36.1 Å². The molecule has 3 heterocycles. The second-order valence-electron chi connectivity index (χ2n) is 5.72. The molecule has 0 aliphatic rings. The normalized spacial score (nSPS) is 12.2. The van der Waals surface area contributed by atoms with Gasteiger partial charge in [-0.15, -0.1) is 21.5 Å². The first-order valence-corrected chi connectivity index (χ1v) is 8.98. The van der Waals surface area contributed by atoms with Gasteiger partial charge >= 0.3 is 5.97 Å². The molecule has 0 fully saturated rings. The smallest absolute Gasteiger partial charge is 0.330 e. The van der Waals surface area contributed by atoms with E-state index in [-0.39, 0.29) is 17.9 Å². The second kappa shape index (κ2) is 7.08. The highest BCUT2D eigenvalue weighted by Gasteiger charge is 2.17. The Morgan fingerprint density at radius 2 is 2.15 bits per heavy atom. The molecule has 4 rings (SSSR count). The molecule has 0 saturated heterocycles. The Kier molecular flexibility index (Phi) is 4.47. The molecule has 0 spiro atoms. The fraction of sp³-hybridized carbons (Fsp3) is 0.176. The number of tetrazole rings is 1. The molecule has 1 N–H and O–H groups in total. The van der Waals surface area contributed by atoms with Gasteiger partial charge in [0.1, 0.15) is 0 Å². The van der Waals surface area contributed by atoms with Crippen molar-refractivity contribution in [3.05, 3.63) is 58.0 Å². The molecule has 1 aromatic carbocycles. The summed E-state index contributed by atoms with van der Waals surface area (Å²) >= 11 is 1.48. The van der Waals surface area contributed by atoms with Crippen molar-refractivity contribution in [1.82, 2.24) is 30.2 Å². The summed E-state index contributed by atoms with van der Waals surface area (Å²) < 4.78 is 5.35. The number of aromatic nitrogens is 6. The van der Waals surface area contributed by atoms with Gasteiger partial charge in [0, 0.05) is 0 Å². The first kappa shape index (κ1) is 17.0. The van der Waals surface area contributed by atoms with Crippen molar-refractivity contribution < 1.29 is 9.53 Å². The monoisotopic (exact) mass is 382 g/mol. The molecule has 0 aliphatic carbocycles. The molecule has 4 aromatic rings. The molecule has 0 bridgehead atoms. The van der Waals surface area contributed by atoms with Gasteiger partial charge in [-0.05, 0) is 35.7 Å². The minimum Gasteiger partial charge on any atom is -0.453 e. The van der Waals surface area contributed by atoms with Crippen LogP contribution in [0, 0.1) is 0 Å². The molecule has 0 aliphatic heterocycles. The predicted molar refractivity (Wildman–Crippen MR) is 98.0 cm³/mol. The summed E-state index contributed by atoms with van der Waals surface area (Å²) in [5.74, 6) is 0.165. The van der Waals surface area contributed by atoms with Crippen molar-refractivity contribution in [3.8, 4) is 10.7 Å². The van der Waals surface area contributed by atoms with E-state index in [4.69, 9.17) is 4.74 Å². The lowest BCUT2D eigenvalue weighted by Crippen LogP contribution is -2.20. The quantitative estimate of drug-likeness (QED) is 0.524. The maximum atomic E-state index is 12.2. The molecule has 9 nitrogen and oxygen atoms in total. The Balaban J connectivity index is 1.46. The van der Waals surface area contributed by atoms with E-state index in [0.717, 1.165) is 4.88 Å². The number of H-pyrrole nitrogens is 1. The van der Waals surface area contributed by atoms with E-state index >= 15 is 0 Å². The number of nitrogens with one attached hydrogen (secondary N) is 1. The summed E-state index contributed by atoms with van der Waals surface area (Å²) in [5.41, 5.74) is 0.259. The van der Waals surface area contributed by atoms with E-state index in [1.54, 1.807) is 31.2 Å². The highest BCUT2D eigenvalue weighted by molar-refractivity contribution is 7.13. The summed E-state index contributed by atoms with van der Waals surface area (Å²) in [7, 11) is 0. The van der Waals surface area contributed by atoms with Crippen LogP contribution in [0.15, 0.2) is 46.6 Å². The van der Waals surface area contributed by atoms with E-state index in [1.807, 2.05) is 17.5 Å². The van der Waals surface area contributed by atoms with Crippen LogP contribution in [0.3, 0.4) is 0 Å². The first-order valence-electron chi connectivity index (χ1n) is 8.10. The molecule has 0 amide bonds. The van der Waals surface area contributed by atoms with E-state index in [9.17, 15) is 9.59 Å². The summed E-state index contributed by atoms with van der Waals surface area (Å²) in [6.07, 6.45) is -0.727. The lowest BCUT2D eigenvalue weighted by molar-refractivity contribution is -0.150. The Hall–Kier alpha value is -3.40. The van der Waals surface area contributed by atoms with Crippen LogP contribution in [0.1, 0.15) is 18.9 Å². The number of ether oxygens (including phenoxy) is 1. The molecule has 0 unspecified atom stereocenters. The van der Waals surface area contributed by atoms with Crippen molar-refractivity contribution in [1.29, 1.82) is 0 Å². The van der Waals surface area contributed by atoms with Gasteiger partial charge in [0.2, 0.25) is 5.82 Å². The molecule has 136 valence electrons. The number of hydrogen-bond acceptors (Lipinski definition) is 8. The number of carbonyl (C=O) groups is 1. The van der Waals surface area contributed by atoms with Crippen molar-refractivity contribution in [3.63, 3.8) is 0 Å². The average Bonchev–Trinajstić information content (AvgIpc) is 3.33. The minimum absolute atomic E-state index is 0.194. The maximum absolute atomic E-state index is 12.2. The zero-order chi connectivity index (χ0) is 18.8. The number of thiophene rings is 1. The third-order valence-corrected chi connectivity index (χ3v) is 4.66. The number of rotatable bonds is 5. The van der Waals surface area contributed by atoms with Gasteiger partial charge in [0.15, 0.2) is 18.5 Å². The highest BCUT2D eigenvalue weighted by Crippen LogP contribution is 2.19. The number of para-hydroxylation sites is 1. The van der Waals surface area contributed by atoms with Gasteiger partial charge in [-0.25, -0.2) is 9.78 Å². The van der Waals surface area contributed by atoms with E-state index < -0.39 is 12.1 Å². The molecule has 10 heteroatoms. The fourth-order valence-electron chi connectivity index (χ4n) is 2.52. The zero-order valence-electron chi connectivity index (χ0n) is 14.2. The van der Waals surface area contributed by atoms with Crippen LogP contribution in [0.4, 0.5) is 0 Å². The number of carbonyl (C=O) groups excluding carboxylic acids is 1. The van der Waals surface area contributed by atoms with Gasteiger partial charge in [-0.3, -0.25) is 4.79 Å². The van der Waals surface area contributed by atoms with Crippen LogP contribution in [0.5, 0.6) is 0 Å². The Morgan fingerprint density at radius 1 is 1.30 bits per heavy atom. The molecule has 0 saturated carbocycles. The third kappa shape index (κ3) is 3.60. The first-order chi connectivity index (χ1) is 13.1. The standard InChI is InChI=1S/C17H14N6O3S/c1-10(15-18-12-6-3-2-5-11(12)17(25)19-15)26-14(24)9-23-21-16(20-22-23)13-7-4-8-27-13/h2-8,10H,9H2,1H3,(H,18,19,25)/t10-/m1/s1. The van der Waals surface area contributed by atoms with Crippen LogP contribution in [0.2, 0.25) is 0 Å². The number of fused-ring (bicyclic) bond motifs is 1. The number of esters is 1. The molecule has 3 aromatic heterocycles. The van der Waals surface area contributed by atoms with E-state index in [1.165, 1.54) is 16.1 Å². The number of hydrogen-bond donors (Lipinski definition) is 1. The van der Waals surface area contributed by atoms with Crippen molar-refractivity contribution >= 4 is 28.2 Å². The lowest BCUT2D eigenvalue weighted by atomic mass is 10.2. The number of aromatic amines is 1. The molecule has 1 atom stereocenters. The van der Waals surface area contributed by atoms with Gasteiger partial charge in [-0.1, -0.05) is 18.2 Å². The summed E-state index contributed by atoms with van der Waals surface area (Å²) in [4.78, 5) is 33.3. The second-order valence-corrected chi connectivity index (χ2v) is 6.67. The highest BCUT2D eigenvalue weighted by atomic mass is 32.1. The van der Waals surface area contributed by atoms with Gasteiger partial charge in [0.05, 0.1) is 15.8 Å². The SMILES string of the molecule is C[C@@H](OC(=O)Cn1nnc(-c2cccs2)n1)c1nc2ccccc2c(=O)[nH]1. The molecular weight excluding hydrogens is 368 g/mol. The lowest BCUT2D eigenvalue weighted by Gasteiger charge is -2.12. The van der Waals surface area contributed by atoms with Crippen LogP contribution < -0.4 is 5.56 Å². The summed E-state index contributed by atoms with van der Waals surface area (Å²) in [6, 6.07) is 10.7. The largest absolute Gasteiger partial charge is 0.453 e. The fourth-order valence-corrected chi connectivity index (χ4v) is 3.17. The van der Waals surface area contributed by atoms with Crippen molar-refractivity contribution in [2.75, 3.05) is 0 Å².